The zero-order chi connectivity index (χ0) is 68.7. The smallest absolute Gasteiger partial charge is 0.481 e. The fourth-order valence-electron chi connectivity index (χ4n) is 9.86. The minimum Gasteiger partial charge on any atom is -0.481 e. The number of rotatable bonds is 30. The predicted octanol–water partition coefficient (Wildman–Crippen LogP) is 4.78. The first-order chi connectivity index (χ1) is 46.0. The number of anilines is 4. The Morgan fingerprint density at radius 3 is 2.14 bits per heavy atom. The first-order valence-electron chi connectivity index (χ1n) is 29.4. The molecular formula is C63H63N15O16S2. The molecule has 0 bridgehead atoms. The number of ether oxygens (including phenoxy) is 2. The van der Waals surface area contributed by atoms with E-state index in [0.717, 1.165) is 38.1 Å². The van der Waals surface area contributed by atoms with Crippen LogP contribution in [0.25, 0.3) is 43.7 Å². The van der Waals surface area contributed by atoms with Gasteiger partial charge in [-0.1, -0.05) is 64.1 Å². The van der Waals surface area contributed by atoms with Gasteiger partial charge in [0.15, 0.2) is 11.2 Å². The third-order valence-corrected chi connectivity index (χ3v) is 17.1. The number of nitrogens with one attached hydrogen (secondary N) is 9. The molecule has 9 aromatic rings. The summed E-state index contributed by atoms with van der Waals surface area (Å²) in [6.07, 6.45) is -1.54. The summed E-state index contributed by atoms with van der Waals surface area (Å²) in [5.41, 5.74) is 15.8. The highest BCUT2D eigenvalue weighted by molar-refractivity contribution is 8.76. The molecule has 96 heavy (non-hydrogen) atoms. The summed E-state index contributed by atoms with van der Waals surface area (Å²) in [4.78, 5) is 164. The Morgan fingerprint density at radius 1 is 0.719 bits per heavy atom. The summed E-state index contributed by atoms with van der Waals surface area (Å²) < 4.78 is 11.1. The molecule has 4 atom stereocenters. The lowest BCUT2D eigenvalue weighted by atomic mass is 10.0. The molecule has 0 aliphatic heterocycles. The van der Waals surface area contributed by atoms with Crippen LogP contribution >= 0.6 is 21.6 Å². The van der Waals surface area contributed by atoms with E-state index < -0.39 is 103 Å². The molecule has 6 amide bonds. The van der Waals surface area contributed by atoms with E-state index in [1.54, 1.807) is 61.5 Å². The van der Waals surface area contributed by atoms with Crippen LogP contribution in [0.2, 0.25) is 0 Å². The van der Waals surface area contributed by atoms with E-state index in [2.05, 4.69) is 61.8 Å². The summed E-state index contributed by atoms with van der Waals surface area (Å²) >= 11 is 0. The Labute approximate surface area is 551 Å². The van der Waals surface area contributed by atoms with Gasteiger partial charge in [0, 0.05) is 81.2 Å². The highest BCUT2D eigenvalue weighted by Gasteiger charge is 2.31. The van der Waals surface area contributed by atoms with E-state index in [1.165, 1.54) is 35.4 Å². The number of fused-ring (bicyclic) bond motifs is 4. The van der Waals surface area contributed by atoms with Gasteiger partial charge in [0.05, 0.1) is 30.5 Å². The van der Waals surface area contributed by atoms with Gasteiger partial charge in [-0.2, -0.15) is 4.98 Å². The molecule has 0 fully saturated rings. The SMILES string of the molecule is CCN(C(=O)c1cc2cc(NC(=O)c3cc4ccccc4[nH]3)ccc2[nH]1)c1cc(OC(=O)OCCSSCC(NC(=O)C(CC(=O)O)NC(=O)C(N)CNC(=O)CCC(NC(=O)c2ccc(NCc3cnc4nc(N)[nH]c(=O)c4n3)cc2)C(=O)O)C(=O)O)c2ccccc2c1C. The Morgan fingerprint density at radius 2 is 1.41 bits per heavy atom. The van der Waals surface area contributed by atoms with Crippen molar-refractivity contribution in [1.29, 1.82) is 0 Å². The number of aryl methyl sites for hydroxylation is 1. The molecule has 33 heteroatoms. The van der Waals surface area contributed by atoms with Crippen LogP contribution in [-0.2, 0) is 40.0 Å². The Balaban J connectivity index is 0.699. The van der Waals surface area contributed by atoms with Crippen LogP contribution in [0.5, 0.6) is 5.75 Å². The maximum atomic E-state index is 14.3. The van der Waals surface area contributed by atoms with Crippen molar-refractivity contribution in [2.75, 3.05) is 52.5 Å². The van der Waals surface area contributed by atoms with Gasteiger partial charge in [0.1, 0.15) is 47.9 Å². The van der Waals surface area contributed by atoms with Crippen LogP contribution < -0.4 is 58.6 Å². The van der Waals surface area contributed by atoms with Gasteiger partial charge >= 0.3 is 24.1 Å². The first-order valence-corrected chi connectivity index (χ1v) is 31.9. The standard InChI is InChI=1S/C63H63N15O16S2/c1-3-78(59(87)46-24-34-22-36(16-17-42(34)72-46)70-56(84)44-23-33-8-4-7-11-41(33)71-44)48-26-49(39-10-6-5-9-38(39)31(48)2)94-63(92)93-20-21-95-96-30-47(61(90)91)75-57(85)45(25-51(80)81)74-55(83)40(64)29-67-50(79)19-18-43(60(88)89)73-54(82)32-12-14-35(15-13-32)66-27-37-28-68-53-52(69-37)58(86)77-62(65)76-53/h4-17,22-24,26,28,40,43,45,47,66,71-72H,3,18-21,25,27,29-30,64H2,1-2H3,(H,67,79)(H,70,84)(H,73,82)(H,74,83)(H,75,85)(H,80,81)(H,88,89)(H,90,91)(H3,65,68,76,77,86). The molecular weight excluding hydrogens is 1290 g/mol. The minimum absolute atomic E-state index is 0.0108. The number of benzene rings is 5. The van der Waals surface area contributed by atoms with E-state index in [0.29, 0.717) is 50.1 Å². The van der Waals surface area contributed by atoms with Gasteiger partial charge in [0.2, 0.25) is 23.7 Å². The van der Waals surface area contributed by atoms with Gasteiger partial charge in [-0.15, -0.1) is 0 Å². The molecule has 0 aliphatic rings. The molecule has 9 rings (SSSR count). The molecule has 498 valence electrons. The van der Waals surface area contributed by atoms with Crippen LogP contribution in [0, 0.1) is 6.92 Å². The zero-order valence-corrected chi connectivity index (χ0v) is 52.7. The Bertz CT molecular complexity index is 4510. The fourth-order valence-corrected chi connectivity index (χ4v) is 11.8. The lowest BCUT2D eigenvalue weighted by Gasteiger charge is -2.24. The van der Waals surface area contributed by atoms with E-state index >= 15 is 0 Å². The molecule has 0 aliphatic carbocycles. The van der Waals surface area contributed by atoms with Crippen molar-refractivity contribution in [3.8, 4) is 5.75 Å². The monoisotopic (exact) mass is 1350 g/mol. The van der Waals surface area contributed by atoms with Crippen molar-refractivity contribution in [1.82, 2.24) is 51.2 Å². The van der Waals surface area contributed by atoms with Crippen molar-refractivity contribution in [3.05, 3.63) is 154 Å². The van der Waals surface area contributed by atoms with Gasteiger partial charge in [-0.25, -0.2) is 24.4 Å². The van der Waals surface area contributed by atoms with E-state index in [9.17, 15) is 68.1 Å². The number of amides is 6. The van der Waals surface area contributed by atoms with Gasteiger partial charge in [-0.05, 0) is 91.9 Å². The largest absolute Gasteiger partial charge is 0.513 e. The molecule has 5 aromatic carbocycles. The highest BCUT2D eigenvalue weighted by Crippen LogP contribution is 2.37. The van der Waals surface area contributed by atoms with Crippen molar-refractivity contribution < 1.29 is 72.7 Å². The number of aromatic amines is 3. The lowest BCUT2D eigenvalue weighted by Crippen LogP contribution is -2.57. The number of carboxylic acid groups (broad SMARTS) is 3. The second-order valence-corrected chi connectivity index (χ2v) is 24.0. The molecule has 4 aromatic heterocycles. The zero-order valence-electron chi connectivity index (χ0n) is 51.1. The number of nitrogens with two attached hydrogens (primary N) is 2. The van der Waals surface area contributed by atoms with Crippen molar-refractivity contribution in [2.45, 2.75) is 63.8 Å². The van der Waals surface area contributed by atoms with Gasteiger partial charge in [0.25, 0.3) is 23.3 Å². The van der Waals surface area contributed by atoms with E-state index in [4.69, 9.17) is 20.9 Å². The average molecular weight is 1350 g/mol. The lowest BCUT2D eigenvalue weighted by molar-refractivity contribution is -0.143. The number of hydrogen-bond acceptors (Lipinski definition) is 21. The maximum absolute atomic E-state index is 14.3. The first kappa shape index (κ1) is 68.8. The Hall–Kier alpha value is -11.6. The van der Waals surface area contributed by atoms with E-state index in [-0.39, 0.29) is 77.1 Å². The number of aromatic nitrogens is 6. The second-order valence-electron chi connectivity index (χ2n) is 21.4. The number of carbonyl (C=O) groups is 10. The van der Waals surface area contributed by atoms with Crippen LogP contribution in [0.4, 0.5) is 27.8 Å². The summed E-state index contributed by atoms with van der Waals surface area (Å²) in [6, 6.07) is 24.3. The van der Waals surface area contributed by atoms with Crippen LogP contribution in [0.1, 0.15) is 68.8 Å². The number of nitrogen functional groups attached to an aromatic ring is 1. The summed E-state index contributed by atoms with van der Waals surface area (Å²) in [6.45, 7) is 3.20. The van der Waals surface area contributed by atoms with Gasteiger partial charge < -0.3 is 83.0 Å². The second kappa shape index (κ2) is 31.4. The molecule has 31 nitrogen and oxygen atoms in total. The third kappa shape index (κ3) is 17.6. The Kier molecular flexibility index (Phi) is 22.5. The molecule has 16 N–H and O–H groups in total. The number of nitrogens with zero attached hydrogens (tertiary/aromatic N) is 4. The van der Waals surface area contributed by atoms with Gasteiger partial charge in [-0.3, -0.25) is 43.3 Å². The number of carbonyl (C=O) groups excluding carboxylic acids is 7. The number of para-hydroxylation sites is 1. The topological polar surface area (TPSA) is 480 Å². The molecule has 4 unspecified atom stereocenters. The summed E-state index contributed by atoms with van der Waals surface area (Å²) in [5.74, 6) is -9.26. The van der Waals surface area contributed by atoms with Crippen molar-refractivity contribution in [3.63, 3.8) is 0 Å². The molecule has 0 saturated heterocycles. The number of carboxylic acids is 3. The average Bonchev–Trinajstić information content (AvgIpc) is 0.950. The van der Waals surface area contributed by atoms with Crippen LogP contribution in [0.3, 0.4) is 0 Å². The number of hydrogen-bond donors (Lipinski definition) is 14. The van der Waals surface area contributed by atoms with Crippen LogP contribution in [0.15, 0.2) is 120 Å². The highest BCUT2D eigenvalue weighted by atomic mass is 33.1. The van der Waals surface area contributed by atoms with Crippen molar-refractivity contribution in [2.24, 2.45) is 5.73 Å². The number of aliphatic carboxylic acids is 3. The van der Waals surface area contributed by atoms with Crippen LogP contribution in [-0.4, -0.2) is 160 Å². The summed E-state index contributed by atoms with van der Waals surface area (Å²) in [5, 5.41) is 47.1. The molecule has 0 spiro atoms. The molecule has 4 heterocycles. The fraction of sp³-hybridized carbons (Fsp3) is 0.238. The predicted molar refractivity (Wildman–Crippen MR) is 356 cm³/mol. The van der Waals surface area contributed by atoms with E-state index in [1.807, 2.05) is 37.3 Å². The minimum atomic E-state index is -1.83. The molecule has 0 saturated carbocycles. The third-order valence-electron chi connectivity index (χ3n) is 14.7. The van der Waals surface area contributed by atoms with Crippen molar-refractivity contribution >= 4 is 148 Å². The number of H-pyrrole nitrogens is 3. The quantitative estimate of drug-likeness (QED) is 0.0125. The maximum Gasteiger partial charge on any atom is 0.513 e. The molecule has 0 radical (unpaired) electrons. The summed E-state index contributed by atoms with van der Waals surface area (Å²) in [7, 11) is 2.04. The normalized spacial score (nSPS) is 12.4.